The minimum absolute atomic E-state index is 0.0831. The van der Waals surface area contributed by atoms with Crippen LogP contribution in [0.15, 0.2) is 47.9 Å². The van der Waals surface area contributed by atoms with Crippen molar-refractivity contribution in [3.63, 3.8) is 0 Å². The molecule has 4 rings (SSSR count). The number of hydrogen-bond acceptors (Lipinski definition) is 4. The second-order valence-electron chi connectivity index (χ2n) is 7.10. The van der Waals surface area contributed by atoms with Crippen LogP contribution in [0.5, 0.6) is 0 Å². The Morgan fingerprint density at radius 2 is 1.88 bits per heavy atom. The van der Waals surface area contributed by atoms with E-state index in [4.69, 9.17) is 0 Å². The fraction of sp³-hybridized carbons (Fsp3) is 0.474. The van der Waals surface area contributed by atoms with Gasteiger partial charge in [-0.2, -0.15) is 13.2 Å². The van der Waals surface area contributed by atoms with Crippen molar-refractivity contribution >= 4 is 11.8 Å². The number of benzene rings is 1. The number of nitrogens with zero attached hydrogens (tertiary/aromatic N) is 3. The maximum atomic E-state index is 12.7. The molecule has 0 radical (unpaired) electrons. The van der Waals surface area contributed by atoms with Gasteiger partial charge in [-0.1, -0.05) is 23.9 Å². The predicted octanol–water partition coefficient (Wildman–Crippen LogP) is 4.25. The Morgan fingerprint density at radius 3 is 2.58 bits per heavy atom. The Labute approximate surface area is 155 Å². The molecule has 0 spiro atoms. The van der Waals surface area contributed by atoms with Crippen molar-refractivity contribution in [3.05, 3.63) is 53.9 Å². The molecule has 1 saturated heterocycles. The van der Waals surface area contributed by atoms with Gasteiger partial charge in [-0.05, 0) is 49.1 Å². The third-order valence-electron chi connectivity index (χ3n) is 5.40. The van der Waals surface area contributed by atoms with Crippen LogP contribution in [0.25, 0.3) is 0 Å². The van der Waals surface area contributed by atoms with Crippen LogP contribution in [-0.4, -0.2) is 40.3 Å². The molecule has 1 saturated carbocycles. The molecule has 3 nitrogen and oxygen atoms in total. The van der Waals surface area contributed by atoms with Crippen LogP contribution in [0, 0.1) is 5.92 Å². The van der Waals surface area contributed by atoms with Crippen molar-refractivity contribution in [3.8, 4) is 0 Å². The molecule has 7 heteroatoms. The van der Waals surface area contributed by atoms with Gasteiger partial charge in [0.2, 0.25) is 0 Å². The summed E-state index contributed by atoms with van der Waals surface area (Å²) in [6.45, 7) is 3.02. The van der Waals surface area contributed by atoms with Gasteiger partial charge in [0.15, 0.2) is 5.16 Å². The number of thioether (sulfide) groups is 1. The first-order chi connectivity index (χ1) is 12.5. The monoisotopic (exact) mass is 379 g/mol. The number of halogens is 3. The number of fused-ring (bicyclic) bond motifs is 1. The highest BCUT2D eigenvalue weighted by Gasteiger charge is 2.60. The van der Waals surface area contributed by atoms with Gasteiger partial charge in [0.1, 0.15) is 0 Å². The molecule has 138 valence electrons. The van der Waals surface area contributed by atoms with E-state index in [1.165, 1.54) is 12.1 Å². The molecule has 1 aromatic carbocycles. The van der Waals surface area contributed by atoms with Gasteiger partial charge in [-0.15, -0.1) is 0 Å². The molecule has 2 atom stereocenters. The summed E-state index contributed by atoms with van der Waals surface area (Å²) in [7, 11) is 0. The van der Waals surface area contributed by atoms with Gasteiger partial charge in [-0.3, -0.25) is 0 Å². The maximum absolute atomic E-state index is 12.7. The summed E-state index contributed by atoms with van der Waals surface area (Å²) in [4.78, 5) is 10.8. The second-order valence-corrected chi connectivity index (χ2v) is 8.16. The molecular weight excluding hydrogens is 359 g/mol. The molecule has 2 fully saturated rings. The molecule has 0 N–H and O–H groups in total. The average Bonchev–Trinajstić information content (AvgIpc) is 3.21. The van der Waals surface area contributed by atoms with E-state index in [1.54, 1.807) is 42.4 Å². The van der Waals surface area contributed by atoms with Gasteiger partial charge in [0, 0.05) is 36.7 Å². The molecular formula is C19H20F3N3S. The average molecular weight is 379 g/mol. The minimum Gasteiger partial charge on any atom is -0.302 e. The third-order valence-corrected chi connectivity index (χ3v) is 6.36. The summed E-state index contributed by atoms with van der Waals surface area (Å²) < 4.78 is 38.2. The molecule has 1 aliphatic heterocycles. The number of alkyl halides is 3. The van der Waals surface area contributed by atoms with Crippen LogP contribution in [0.4, 0.5) is 13.2 Å². The van der Waals surface area contributed by atoms with E-state index >= 15 is 0 Å². The van der Waals surface area contributed by atoms with Crippen LogP contribution in [0.3, 0.4) is 0 Å². The van der Waals surface area contributed by atoms with E-state index in [2.05, 4.69) is 14.9 Å². The van der Waals surface area contributed by atoms with Gasteiger partial charge in [0.05, 0.1) is 5.56 Å². The topological polar surface area (TPSA) is 29.0 Å². The lowest BCUT2D eigenvalue weighted by Gasteiger charge is -2.21. The van der Waals surface area contributed by atoms with Crippen molar-refractivity contribution < 1.29 is 13.2 Å². The van der Waals surface area contributed by atoms with Crippen molar-refractivity contribution in [1.29, 1.82) is 0 Å². The van der Waals surface area contributed by atoms with Crippen molar-refractivity contribution in [2.75, 3.05) is 25.4 Å². The summed E-state index contributed by atoms with van der Waals surface area (Å²) in [6.07, 6.45) is 1.38. The highest BCUT2D eigenvalue weighted by molar-refractivity contribution is 7.99. The first kappa shape index (κ1) is 17.8. The zero-order valence-corrected chi connectivity index (χ0v) is 15.1. The largest absolute Gasteiger partial charge is 0.416 e. The fourth-order valence-electron chi connectivity index (χ4n) is 4.01. The summed E-state index contributed by atoms with van der Waals surface area (Å²) in [5.74, 6) is 1.56. The number of piperidine rings is 1. The predicted molar refractivity (Wildman–Crippen MR) is 95.0 cm³/mol. The summed E-state index contributed by atoms with van der Waals surface area (Å²) in [5, 5.41) is 0.804. The van der Waals surface area contributed by atoms with E-state index in [0.717, 1.165) is 48.9 Å². The Balaban J connectivity index is 1.28. The SMILES string of the molecule is FC(F)(F)c1ccc([C@@]23C[C@H]2CN(CCCSc2ncccn2)C3)cc1. The molecule has 0 bridgehead atoms. The zero-order valence-electron chi connectivity index (χ0n) is 14.2. The standard InChI is InChI=1S/C19H20F3N3S/c20-19(21,22)15-5-3-14(4-6-15)18-11-16(18)12-25(13-18)9-2-10-26-17-23-7-1-8-24-17/h1,3-8,16H,2,9-13H2/t16-,18-/m0/s1. The molecule has 1 aromatic heterocycles. The Hall–Kier alpha value is -1.60. The first-order valence-corrected chi connectivity index (χ1v) is 9.76. The van der Waals surface area contributed by atoms with E-state index in [0.29, 0.717) is 5.92 Å². The van der Waals surface area contributed by atoms with Crippen molar-refractivity contribution in [1.82, 2.24) is 14.9 Å². The molecule has 2 aromatic rings. The van der Waals surface area contributed by atoms with E-state index < -0.39 is 11.7 Å². The van der Waals surface area contributed by atoms with E-state index in [1.807, 2.05) is 0 Å². The van der Waals surface area contributed by atoms with Crippen molar-refractivity contribution in [2.45, 2.75) is 29.6 Å². The van der Waals surface area contributed by atoms with Crippen LogP contribution in [-0.2, 0) is 11.6 Å². The summed E-state index contributed by atoms with van der Waals surface area (Å²) in [5.41, 5.74) is 0.578. The lowest BCUT2D eigenvalue weighted by atomic mass is 9.94. The lowest BCUT2D eigenvalue weighted by molar-refractivity contribution is -0.137. The van der Waals surface area contributed by atoms with Gasteiger partial charge >= 0.3 is 6.18 Å². The zero-order chi connectivity index (χ0) is 18.2. The highest BCUT2D eigenvalue weighted by atomic mass is 32.2. The number of rotatable bonds is 6. The molecule has 2 heterocycles. The number of likely N-dealkylation sites (tertiary alicyclic amines) is 1. The van der Waals surface area contributed by atoms with Crippen LogP contribution in [0.2, 0.25) is 0 Å². The molecule has 1 aliphatic carbocycles. The smallest absolute Gasteiger partial charge is 0.302 e. The molecule has 2 aliphatic rings. The Bertz CT molecular complexity index is 751. The Morgan fingerprint density at radius 1 is 1.15 bits per heavy atom. The summed E-state index contributed by atoms with van der Waals surface area (Å²) >= 11 is 1.66. The highest BCUT2D eigenvalue weighted by Crippen LogP contribution is 2.59. The third kappa shape index (κ3) is 3.60. The van der Waals surface area contributed by atoms with Gasteiger partial charge in [-0.25, -0.2) is 9.97 Å². The number of hydrogen-bond donors (Lipinski definition) is 0. The van der Waals surface area contributed by atoms with Crippen molar-refractivity contribution in [2.24, 2.45) is 5.92 Å². The quantitative estimate of drug-likeness (QED) is 0.426. The minimum atomic E-state index is -4.26. The second kappa shape index (κ2) is 6.85. The molecule has 0 unspecified atom stereocenters. The molecule has 0 amide bonds. The van der Waals surface area contributed by atoms with E-state index in [-0.39, 0.29) is 5.41 Å². The maximum Gasteiger partial charge on any atom is 0.416 e. The number of aromatic nitrogens is 2. The van der Waals surface area contributed by atoms with Crippen LogP contribution in [0.1, 0.15) is 24.0 Å². The van der Waals surface area contributed by atoms with E-state index in [9.17, 15) is 13.2 Å². The molecule has 26 heavy (non-hydrogen) atoms. The van der Waals surface area contributed by atoms with Crippen LogP contribution < -0.4 is 0 Å². The fourth-order valence-corrected chi connectivity index (χ4v) is 4.73. The van der Waals surface area contributed by atoms with Gasteiger partial charge < -0.3 is 4.90 Å². The lowest BCUT2D eigenvalue weighted by Crippen LogP contribution is -2.28. The summed E-state index contributed by atoms with van der Waals surface area (Å²) in [6, 6.07) is 7.60. The normalized spacial score (nSPS) is 25.3. The Kier molecular flexibility index (Phi) is 4.69. The first-order valence-electron chi connectivity index (χ1n) is 8.77. The van der Waals surface area contributed by atoms with Gasteiger partial charge in [0.25, 0.3) is 0 Å². The van der Waals surface area contributed by atoms with Crippen LogP contribution >= 0.6 is 11.8 Å².